The van der Waals surface area contributed by atoms with Gasteiger partial charge in [-0.15, -0.1) is 0 Å². The summed E-state index contributed by atoms with van der Waals surface area (Å²) in [4.78, 5) is 34.1. The van der Waals surface area contributed by atoms with Gasteiger partial charge in [0, 0.05) is 43.6 Å². The molecular weight excluding hydrogens is 404 g/mol. The number of nitrogens with zero attached hydrogens (tertiary/aromatic N) is 4. The molecule has 0 atom stereocenters. The van der Waals surface area contributed by atoms with Crippen molar-refractivity contribution in [3.8, 4) is 0 Å². The first-order chi connectivity index (χ1) is 15.7. The summed E-state index contributed by atoms with van der Waals surface area (Å²) in [5, 5.41) is 0. The zero-order valence-corrected chi connectivity index (χ0v) is 17.7. The van der Waals surface area contributed by atoms with E-state index in [1.54, 1.807) is 12.3 Å². The Bertz CT molecular complexity index is 1270. The molecule has 3 heterocycles. The number of hydrogen-bond acceptors (Lipinski definition) is 6. The first-order valence-electron chi connectivity index (χ1n) is 10.8. The lowest BCUT2D eigenvalue weighted by Gasteiger charge is -2.35. The van der Waals surface area contributed by atoms with Crippen molar-refractivity contribution in [3.63, 3.8) is 0 Å². The number of benzene rings is 2. The van der Waals surface area contributed by atoms with Gasteiger partial charge in [-0.2, -0.15) is 0 Å². The summed E-state index contributed by atoms with van der Waals surface area (Å²) in [6.45, 7) is 4.10. The number of carbonyl (C=O) groups excluding carboxylic acids is 1. The lowest BCUT2D eigenvalue weighted by atomic mass is 10.1. The summed E-state index contributed by atoms with van der Waals surface area (Å²) in [7, 11) is 0. The van der Waals surface area contributed by atoms with Crippen LogP contribution >= 0.6 is 0 Å². The highest BCUT2D eigenvalue weighted by Crippen LogP contribution is 2.17. The van der Waals surface area contributed by atoms with Gasteiger partial charge in [-0.3, -0.25) is 14.3 Å². The molecule has 1 aliphatic rings. The number of carbonyl (C=O) groups is 1. The van der Waals surface area contributed by atoms with Crippen LogP contribution in [0.25, 0.3) is 11.2 Å². The maximum absolute atomic E-state index is 12.9. The monoisotopic (exact) mass is 428 g/mol. The van der Waals surface area contributed by atoms with Crippen molar-refractivity contribution in [2.45, 2.75) is 6.54 Å². The van der Waals surface area contributed by atoms with E-state index in [4.69, 9.17) is 4.42 Å². The minimum Gasteiger partial charge on any atom is -0.406 e. The van der Waals surface area contributed by atoms with Gasteiger partial charge in [0.25, 0.3) is 0 Å². The van der Waals surface area contributed by atoms with Crippen molar-refractivity contribution in [1.29, 1.82) is 0 Å². The van der Waals surface area contributed by atoms with Gasteiger partial charge < -0.3 is 9.32 Å². The third-order valence-corrected chi connectivity index (χ3v) is 5.87. The van der Waals surface area contributed by atoms with Crippen molar-refractivity contribution in [3.05, 3.63) is 94.6 Å². The highest BCUT2D eigenvalue weighted by molar-refractivity contribution is 5.99. The van der Waals surface area contributed by atoms with Crippen LogP contribution in [0.15, 0.2) is 82.1 Å². The molecule has 162 valence electrons. The smallest absolute Gasteiger partial charge is 0.406 e. The van der Waals surface area contributed by atoms with Crippen molar-refractivity contribution in [1.82, 2.24) is 14.5 Å². The van der Waals surface area contributed by atoms with E-state index in [1.807, 2.05) is 48.5 Å². The van der Waals surface area contributed by atoms with Gasteiger partial charge in [-0.1, -0.05) is 48.5 Å². The quantitative estimate of drug-likeness (QED) is 0.440. The van der Waals surface area contributed by atoms with Crippen LogP contribution in [-0.2, 0) is 6.54 Å². The predicted octanol–water partition coefficient (Wildman–Crippen LogP) is 3.04. The van der Waals surface area contributed by atoms with E-state index < -0.39 is 5.76 Å². The second-order valence-corrected chi connectivity index (χ2v) is 8.01. The molecule has 0 N–H and O–H groups in total. The van der Waals surface area contributed by atoms with Crippen molar-refractivity contribution in [2.24, 2.45) is 0 Å². The number of oxazole rings is 1. The number of Topliss-reactive ketones (excluding diaryl/α,β-unsaturated/α-hetero) is 1. The van der Waals surface area contributed by atoms with E-state index >= 15 is 0 Å². The number of aromatic nitrogens is 2. The molecule has 0 spiro atoms. The minimum atomic E-state index is -0.474. The largest absolute Gasteiger partial charge is 0.421 e. The number of anilines is 1. The molecule has 1 saturated heterocycles. The van der Waals surface area contributed by atoms with Gasteiger partial charge in [-0.05, 0) is 23.8 Å². The lowest BCUT2D eigenvalue weighted by molar-refractivity contribution is 0.0926. The predicted molar refractivity (Wildman–Crippen MR) is 123 cm³/mol. The number of piperazine rings is 1. The molecule has 32 heavy (non-hydrogen) atoms. The molecule has 0 unspecified atom stereocenters. The Morgan fingerprint density at radius 1 is 0.938 bits per heavy atom. The van der Waals surface area contributed by atoms with Crippen LogP contribution in [0, 0.1) is 0 Å². The van der Waals surface area contributed by atoms with Crippen LogP contribution in [-0.4, -0.2) is 53.0 Å². The maximum atomic E-state index is 12.9. The first-order valence-corrected chi connectivity index (χ1v) is 10.8. The number of fused-ring (bicyclic) bond motifs is 1. The Labute approximate surface area is 185 Å². The fourth-order valence-corrected chi connectivity index (χ4v) is 4.11. The molecule has 0 amide bonds. The lowest BCUT2D eigenvalue weighted by Crippen LogP contribution is -2.48. The Morgan fingerprint density at radius 2 is 1.62 bits per heavy atom. The van der Waals surface area contributed by atoms with E-state index in [2.05, 4.69) is 26.9 Å². The van der Waals surface area contributed by atoms with Crippen LogP contribution in [0.3, 0.4) is 0 Å². The molecule has 0 saturated carbocycles. The van der Waals surface area contributed by atoms with Crippen molar-refractivity contribution in [2.75, 3.05) is 37.6 Å². The van der Waals surface area contributed by atoms with Crippen LogP contribution in [0.4, 0.5) is 5.69 Å². The fraction of sp³-hybridized carbons (Fsp3) is 0.240. The van der Waals surface area contributed by atoms with Crippen molar-refractivity contribution >= 4 is 22.7 Å². The standard InChI is InChI=1S/C25H24N4O3/c30-22(18-27-11-13-28(14-12-27)21-9-5-2-6-10-21)20-15-23-24(26-16-20)29(25(31)32-23)17-19-7-3-1-4-8-19/h1-10,15-16H,11-14,17-18H2. The SMILES string of the molecule is O=C(CN1CCN(c2ccccc2)CC1)c1cnc2c(c1)oc(=O)n2Cc1ccccc1. The molecule has 2 aromatic carbocycles. The van der Waals surface area contributed by atoms with E-state index in [-0.39, 0.29) is 5.78 Å². The summed E-state index contributed by atoms with van der Waals surface area (Å²) in [5.41, 5.74) is 3.44. The zero-order chi connectivity index (χ0) is 21.9. The van der Waals surface area contributed by atoms with Crippen LogP contribution in [0.2, 0.25) is 0 Å². The number of para-hydroxylation sites is 1. The molecule has 1 fully saturated rings. The number of hydrogen-bond donors (Lipinski definition) is 0. The van der Waals surface area contributed by atoms with Gasteiger partial charge in [0.2, 0.25) is 0 Å². The molecule has 7 heteroatoms. The second-order valence-electron chi connectivity index (χ2n) is 8.01. The molecule has 4 aromatic rings. The Hall–Kier alpha value is -3.71. The van der Waals surface area contributed by atoms with E-state index in [0.29, 0.717) is 29.9 Å². The van der Waals surface area contributed by atoms with Gasteiger partial charge in [-0.25, -0.2) is 9.78 Å². The van der Waals surface area contributed by atoms with Gasteiger partial charge in [0.15, 0.2) is 17.0 Å². The van der Waals surface area contributed by atoms with Crippen LogP contribution < -0.4 is 10.7 Å². The second kappa shape index (κ2) is 8.80. The van der Waals surface area contributed by atoms with Crippen LogP contribution in [0.5, 0.6) is 0 Å². The molecule has 0 aliphatic carbocycles. The molecule has 7 nitrogen and oxygen atoms in total. The summed E-state index contributed by atoms with van der Waals surface area (Å²) < 4.78 is 6.88. The highest BCUT2D eigenvalue weighted by Gasteiger charge is 2.21. The maximum Gasteiger partial charge on any atom is 0.421 e. The molecular formula is C25H24N4O3. The topological polar surface area (TPSA) is 71.6 Å². The molecule has 0 radical (unpaired) electrons. The molecule has 0 bridgehead atoms. The molecule has 5 rings (SSSR count). The number of rotatable bonds is 6. The third kappa shape index (κ3) is 4.20. The van der Waals surface area contributed by atoms with E-state index in [1.165, 1.54) is 10.3 Å². The number of pyridine rings is 1. The Kier molecular flexibility index (Phi) is 5.56. The average Bonchev–Trinajstić information content (AvgIpc) is 3.15. The third-order valence-electron chi connectivity index (χ3n) is 5.87. The highest BCUT2D eigenvalue weighted by atomic mass is 16.4. The van der Waals surface area contributed by atoms with Gasteiger partial charge >= 0.3 is 5.76 Å². The minimum absolute atomic E-state index is 0.0222. The van der Waals surface area contributed by atoms with Crippen LogP contribution in [0.1, 0.15) is 15.9 Å². The first kappa shape index (κ1) is 20.2. The Balaban J connectivity index is 1.26. The fourth-order valence-electron chi connectivity index (χ4n) is 4.11. The summed E-state index contributed by atoms with van der Waals surface area (Å²) >= 11 is 0. The van der Waals surface area contributed by atoms with Crippen molar-refractivity contribution < 1.29 is 9.21 Å². The van der Waals surface area contributed by atoms with Gasteiger partial charge in [0.1, 0.15) is 0 Å². The average molecular weight is 428 g/mol. The zero-order valence-electron chi connectivity index (χ0n) is 17.7. The van der Waals surface area contributed by atoms with Gasteiger partial charge in [0.05, 0.1) is 13.1 Å². The Morgan fingerprint density at radius 3 is 2.34 bits per heavy atom. The summed E-state index contributed by atoms with van der Waals surface area (Å²) in [5.74, 6) is -0.496. The molecule has 2 aromatic heterocycles. The van der Waals surface area contributed by atoms with E-state index in [0.717, 1.165) is 31.7 Å². The summed E-state index contributed by atoms with van der Waals surface area (Å²) in [6.07, 6.45) is 1.54. The number of ketones is 1. The molecule has 1 aliphatic heterocycles. The van der Waals surface area contributed by atoms with E-state index in [9.17, 15) is 9.59 Å². The summed E-state index contributed by atoms with van der Waals surface area (Å²) in [6, 6.07) is 21.6. The normalized spacial score (nSPS) is 14.7.